The number of amides is 2. The summed E-state index contributed by atoms with van der Waals surface area (Å²) in [4.78, 5) is 26.2. The van der Waals surface area contributed by atoms with E-state index in [4.69, 9.17) is 9.47 Å². The molecule has 1 aliphatic rings. The number of anilines is 2. The smallest absolute Gasteiger partial charge is 0.228 e. The van der Waals surface area contributed by atoms with Gasteiger partial charge in [0, 0.05) is 24.7 Å². The van der Waals surface area contributed by atoms with E-state index in [0.717, 1.165) is 29.8 Å². The van der Waals surface area contributed by atoms with E-state index in [-0.39, 0.29) is 18.2 Å². The molecule has 1 N–H and O–H groups in total. The van der Waals surface area contributed by atoms with E-state index in [1.54, 1.807) is 31.3 Å². The molecule has 0 atom stereocenters. The van der Waals surface area contributed by atoms with Crippen molar-refractivity contribution in [1.82, 2.24) is 0 Å². The van der Waals surface area contributed by atoms with Crippen molar-refractivity contribution in [3.05, 3.63) is 48.0 Å². The minimum absolute atomic E-state index is 0.107. The van der Waals surface area contributed by atoms with Gasteiger partial charge in [-0.25, -0.2) is 0 Å². The third-order valence-electron chi connectivity index (χ3n) is 4.60. The van der Waals surface area contributed by atoms with Crippen molar-refractivity contribution in [2.45, 2.75) is 25.7 Å². The maximum absolute atomic E-state index is 12.3. The van der Waals surface area contributed by atoms with Gasteiger partial charge in [-0.3, -0.25) is 9.59 Å². The summed E-state index contributed by atoms with van der Waals surface area (Å²) in [6.45, 7) is 0.693. The fourth-order valence-corrected chi connectivity index (χ4v) is 3.17. The highest BCUT2D eigenvalue weighted by Crippen LogP contribution is 2.33. The first kappa shape index (κ1) is 18.8. The minimum atomic E-state index is -0.121. The van der Waals surface area contributed by atoms with E-state index >= 15 is 0 Å². The average Bonchev–Trinajstić information content (AvgIpc) is 2.69. The van der Waals surface area contributed by atoms with Crippen molar-refractivity contribution in [1.29, 1.82) is 0 Å². The Labute approximate surface area is 159 Å². The number of ether oxygens (including phenoxy) is 2. The summed E-state index contributed by atoms with van der Waals surface area (Å²) in [6.07, 6.45) is 2.73. The first-order valence-corrected chi connectivity index (χ1v) is 9.02. The van der Waals surface area contributed by atoms with Crippen LogP contribution in [0.3, 0.4) is 0 Å². The van der Waals surface area contributed by atoms with E-state index in [9.17, 15) is 9.59 Å². The summed E-state index contributed by atoms with van der Waals surface area (Å²) >= 11 is 0. The van der Waals surface area contributed by atoms with E-state index < -0.39 is 0 Å². The third kappa shape index (κ3) is 4.58. The highest BCUT2D eigenvalue weighted by Gasteiger charge is 2.22. The SMILES string of the molecule is COc1ccc(CC(=O)Nc2ccc(N3CCCCC3=O)c(OC)c2)cc1. The first-order chi connectivity index (χ1) is 13.1. The Hall–Kier alpha value is -3.02. The molecule has 2 aromatic rings. The molecule has 3 rings (SSSR count). The normalized spacial score (nSPS) is 14.0. The van der Waals surface area contributed by atoms with Crippen LogP contribution in [0.25, 0.3) is 0 Å². The molecule has 142 valence electrons. The monoisotopic (exact) mass is 368 g/mol. The Morgan fingerprint density at radius 3 is 2.52 bits per heavy atom. The number of piperidine rings is 1. The van der Waals surface area contributed by atoms with Gasteiger partial charge in [-0.15, -0.1) is 0 Å². The quantitative estimate of drug-likeness (QED) is 0.849. The molecule has 1 heterocycles. The number of rotatable bonds is 6. The van der Waals surface area contributed by atoms with Gasteiger partial charge < -0.3 is 19.7 Å². The number of carbonyl (C=O) groups excluding carboxylic acids is 2. The summed E-state index contributed by atoms with van der Waals surface area (Å²) in [5.41, 5.74) is 2.28. The van der Waals surface area contributed by atoms with E-state index in [1.807, 2.05) is 30.3 Å². The molecule has 2 aromatic carbocycles. The van der Waals surface area contributed by atoms with Crippen molar-refractivity contribution >= 4 is 23.2 Å². The predicted octanol–water partition coefficient (Wildman–Crippen LogP) is 3.40. The number of methoxy groups -OCH3 is 2. The lowest BCUT2D eigenvalue weighted by Gasteiger charge is -2.28. The van der Waals surface area contributed by atoms with Gasteiger partial charge >= 0.3 is 0 Å². The summed E-state index contributed by atoms with van der Waals surface area (Å²) in [5, 5.41) is 2.88. The van der Waals surface area contributed by atoms with Crippen LogP contribution in [-0.4, -0.2) is 32.6 Å². The number of nitrogens with zero attached hydrogens (tertiary/aromatic N) is 1. The summed E-state index contributed by atoms with van der Waals surface area (Å²) < 4.78 is 10.6. The molecule has 1 saturated heterocycles. The molecule has 2 amide bonds. The van der Waals surface area contributed by atoms with Crippen LogP contribution in [0.2, 0.25) is 0 Å². The third-order valence-corrected chi connectivity index (χ3v) is 4.60. The molecule has 0 unspecified atom stereocenters. The molecule has 6 heteroatoms. The zero-order valence-corrected chi connectivity index (χ0v) is 15.7. The van der Waals surface area contributed by atoms with E-state index in [2.05, 4.69) is 5.32 Å². The second-order valence-corrected chi connectivity index (χ2v) is 6.46. The van der Waals surface area contributed by atoms with Crippen molar-refractivity contribution in [3.8, 4) is 11.5 Å². The van der Waals surface area contributed by atoms with Crippen LogP contribution in [0, 0.1) is 0 Å². The van der Waals surface area contributed by atoms with Gasteiger partial charge in [0.05, 0.1) is 26.3 Å². The number of carbonyl (C=O) groups is 2. The number of benzene rings is 2. The summed E-state index contributed by atoms with van der Waals surface area (Å²) in [5.74, 6) is 1.32. The fraction of sp³-hybridized carbons (Fsp3) is 0.333. The van der Waals surface area contributed by atoms with Gasteiger partial charge in [-0.05, 0) is 42.7 Å². The molecule has 0 aromatic heterocycles. The molecule has 27 heavy (non-hydrogen) atoms. The molecule has 0 saturated carbocycles. The van der Waals surface area contributed by atoms with Crippen LogP contribution in [0.5, 0.6) is 11.5 Å². The second kappa shape index (κ2) is 8.58. The van der Waals surface area contributed by atoms with Crippen molar-refractivity contribution < 1.29 is 19.1 Å². The van der Waals surface area contributed by atoms with Crippen LogP contribution in [0.1, 0.15) is 24.8 Å². The van der Waals surface area contributed by atoms with Crippen molar-refractivity contribution in [2.24, 2.45) is 0 Å². The molecule has 6 nitrogen and oxygen atoms in total. The van der Waals surface area contributed by atoms with Gasteiger partial charge in [0.1, 0.15) is 11.5 Å². The summed E-state index contributed by atoms with van der Waals surface area (Å²) in [7, 11) is 3.17. The Morgan fingerprint density at radius 1 is 1.07 bits per heavy atom. The second-order valence-electron chi connectivity index (χ2n) is 6.46. The Balaban J connectivity index is 1.69. The standard InChI is InChI=1S/C21H24N2O4/c1-26-17-9-6-15(7-10-17)13-20(24)22-16-8-11-18(19(14-16)27-2)23-12-4-3-5-21(23)25/h6-11,14H,3-5,12-13H2,1-2H3,(H,22,24). The Morgan fingerprint density at radius 2 is 1.85 bits per heavy atom. The van der Waals surface area contributed by atoms with Crippen LogP contribution < -0.4 is 19.7 Å². The number of nitrogens with one attached hydrogen (secondary N) is 1. The van der Waals surface area contributed by atoms with E-state index in [0.29, 0.717) is 24.4 Å². The molecule has 0 radical (unpaired) electrons. The number of hydrogen-bond acceptors (Lipinski definition) is 4. The zero-order chi connectivity index (χ0) is 19.2. The van der Waals surface area contributed by atoms with Crippen LogP contribution in [0.15, 0.2) is 42.5 Å². The van der Waals surface area contributed by atoms with Crippen LogP contribution in [0.4, 0.5) is 11.4 Å². The molecule has 1 fully saturated rings. The molecular weight excluding hydrogens is 344 g/mol. The van der Waals surface area contributed by atoms with Crippen molar-refractivity contribution in [3.63, 3.8) is 0 Å². The Bertz CT molecular complexity index is 817. The lowest BCUT2D eigenvalue weighted by Crippen LogP contribution is -2.35. The topological polar surface area (TPSA) is 67.9 Å². The van der Waals surface area contributed by atoms with E-state index in [1.165, 1.54) is 0 Å². The van der Waals surface area contributed by atoms with Gasteiger partial charge in [0.25, 0.3) is 0 Å². The van der Waals surface area contributed by atoms with Crippen LogP contribution >= 0.6 is 0 Å². The predicted molar refractivity (Wildman–Crippen MR) is 105 cm³/mol. The molecule has 0 aliphatic carbocycles. The number of hydrogen-bond donors (Lipinski definition) is 1. The highest BCUT2D eigenvalue weighted by molar-refractivity contribution is 5.97. The fourth-order valence-electron chi connectivity index (χ4n) is 3.17. The summed E-state index contributed by atoms with van der Waals surface area (Å²) in [6, 6.07) is 12.8. The van der Waals surface area contributed by atoms with Gasteiger partial charge in [0.15, 0.2) is 0 Å². The molecule has 0 bridgehead atoms. The molecule has 0 spiro atoms. The lowest BCUT2D eigenvalue weighted by molar-refractivity contribution is -0.119. The van der Waals surface area contributed by atoms with Gasteiger partial charge in [-0.1, -0.05) is 12.1 Å². The van der Waals surface area contributed by atoms with Crippen LogP contribution in [-0.2, 0) is 16.0 Å². The maximum Gasteiger partial charge on any atom is 0.228 e. The van der Waals surface area contributed by atoms with Gasteiger partial charge in [-0.2, -0.15) is 0 Å². The largest absolute Gasteiger partial charge is 0.497 e. The lowest BCUT2D eigenvalue weighted by atomic mass is 10.1. The maximum atomic E-state index is 12.3. The minimum Gasteiger partial charge on any atom is -0.497 e. The zero-order valence-electron chi connectivity index (χ0n) is 15.7. The average molecular weight is 368 g/mol. The molecular formula is C21H24N2O4. The first-order valence-electron chi connectivity index (χ1n) is 9.02. The highest BCUT2D eigenvalue weighted by atomic mass is 16.5. The Kier molecular flexibility index (Phi) is 5.96. The van der Waals surface area contributed by atoms with Gasteiger partial charge in [0.2, 0.25) is 11.8 Å². The molecule has 1 aliphatic heterocycles. The van der Waals surface area contributed by atoms with Crippen molar-refractivity contribution in [2.75, 3.05) is 31.0 Å².